The fourth-order valence-electron chi connectivity index (χ4n) is 2.76. The molecule has 0 aliphatic carbocycles. The first-order valence-electron chi connectivity index (χ1n) is 9.26. The van der Waals surface area contributed by atoms with Crippen LogP contribution in [0.3, 0.4) is 0 Å². The van der Waals surface area contributed by atoms with Gasteiger partial charge in [-0.15, -0.1) is 0 Å². The monoisotopic (exact) mass is 422 g/mol. The van der Waals surface area contributed by atoms with Gasteiger partial charge < -0.3 is 20.8 Å². The third kappa shape index (κ3) is 5.40. The Morgan fingerprint density at radius 3 is 1.93 bits per heavy atom. The van der Waals surface area contributed by atoms with E-state index in [2.05, 4.69) is 41.7 Å². The molecule has 1 atom stereocenters. The van der Waals surface area contributed by atoms with E-state index < -0.39 is 24.1 Å². The minimum atomic E-state index is -1.63. The molecule has 30 heavy (non-hydrogen) atoms. The fraction of sp³-hybridized carbons (Fsp3) is 0.130. The number of amides is 2. The lowest BCUT2D eigenvalue weighted by Gasteiger charge is -2.25. The highest BCUT2D eigenvalue weighted by atomic mass is 32.2. The standard InChI is InChI=1S/C23H22N2O4S/c1-23(15-26,25-22(28)29)21(27)24-18-9-13-20(14-10-18)30-19-11-7-17(8-12-19)16-5-3-2-4-6-16/h2-14,25-26H,15H2,1H3,(H,24,27)(H,28,29)/t23-/m0/s1. The van der Waals surface area contributed by atoms with Crippen LogP contribution in [0.4, 0.5) is 10.5 Å². The second kappa shape index (κ2) is 9.47. The molecule has 0 fully saturated rings. The summed E-state index contributed by atoms with van der Waals surface area (Å²) >= 11 is 1.59. The first kappa shape index (κ1) is 21.4. The zero-order valence-corrected chi connectivity index (χ0v) is 17.1. The van der Waals surface area contributed by atoms with Gasteiger partial charge in [-0.25, -0.2) is 4.79 Å². The Kier molecular flexibility index (Phi) is 6.76. The summed E-state index contributed by atoms with van der Waals surface area (Å²) < 4.78 is 0. The summed E-state index contributed by atoms with van der Waals surface area (Å²) in [5.74, 6) is -0.635. The van der Waals surface area contributed by atoms with Crippen molar-refractivity contribution in [3.05, 3.63) is 78.9 Å². The quantitative estimate of drug-likeness (QED) is 0.451. The Balaban J connectivity index is 1.63. The molecule has 2 amide bonds. The van der Waals surface area contributed by atoms with Crippen molar-refractivity contribution in [2.45, 2.75) is 22.3 Å². The molecule has 4 N–H and O–H groups in total. The summed E-state index contributed by atoms with van der Waals surface area (Å²) in [5, 5.41) is 22.9. The maximum absolute atomic E-state index is 12.3. The van der Waals surface area contributed by atoms with Gasteiger partial charge in [0.25, 0.3) is 5.91 Å². The Morgan fingerprint density at radius 2 is 1.40 bits per heavy atom. The van der Waals surface area contributed by atoms with Crippen LogP contribution < -0.4 is 10.6 Å². The molecule has 0 saturated carbocycles. The molecule has 0 aliphatic heterocycles. The van der Waals surface area contributed by atoms with E-state index in [1.54, 1.807) is 23.9 Å². The molecule has 3 rings (SSSR count). The molecule has 3 aromatic rings. The number of carbonyl (C=O) groups is 2. The van der Waals surface area contributed by atoms with Crippen molar-refractivity contribution in [3.63, 3.8) is 0 Å². The highest BCUT2D eigenvalue weighted by Gasteiger charge is 2.34. The van der Waals surface area contributed by atoms with Gasteiger partial charge in [-0.2, -0.15) is 0 Å². The highest BCUT2D eigenvalue weighted by Crippen LogP contribution is 2.30. The summed E-state index contributed by atoms with van der Waals surface area (Å²) in [6.45, 7) is 0.665. The van der Waals surface area contributed by atoms with Crippen molar-refractivity contribution in [2.24, 2.45) is 0 Å². The van der Waals surface area contributed by atoms with Crippen LogP contribution in [0.1, 0.15) is 6.92 Å². The molecule has 0 aliphatic rings. The third-order valence-electron chi connectivity index (χ3n) is 4.51. The summed E-state index contributed by atoms with van der Waals surface area (Å²) in [4.78, 5) is 25.3. The Labute approximate surface area is 179 Å². The van der Waals surface area contributed by atoms with Crippen LogP contribution in [0.2, 0.25) is 0 Å². The van der Waals surface area contributed by atoms with Crippen LogP contribution in [-0.2, 0) is 4.79 Å². The smallest absolute Gasteiger partial charge is 0.405 e. The van der Waals surface area contributed by atoms with E-state index in [1.165, 1.54) is 12.5 Å². The third-order valence-corrected chi connectivity index (χ3v) is 5.53. The first-order chi connectivity index (χ1) is 14.4. The summed E-state index contributed by atoms with van der Waals surface area (Å²) in [6.07, 6.45) is -1.38. The van der Waals surface area contributed by atoms with Crippen molar-refractivity contribution < 1.29 is 19.8 Å². The van der Waals surface area contributed by atoms with Crippen LogP contribution in [0.15, 0.2) is 88.7 Å². The average Bonchev–Trinajstić information content (AvgIpc) is 2.75. The lowest BCUT2D eigenvalue weighted by Crippen LogP contribution is -2.56. The summed E-state index contributed by atoms with van der Waals surface area (Å²) in [6, 6.07) is 25.7. The van der Waals surface area contributed by atoms with Gasteiger partial charge in [0.05, 0.1) is 6.61 Å². The van der Waals surface area contributed by atoms with Crippen LogP contribution in [-0.4, -0.2) is 34.4 Å². The van der Waals surface area contributed by atoms with E-state index >= 15 is 0 Å². The van der Waals surface area contributed by atoms with Gasteiger partial charge >= 0.3 is 6.09 Å². The molecule has 0 spiro atoms. The Morgan fingerprint density at radius 1 is 0.867 bits per heavy atom. The van der Waals surface area contributed by atoms with E-state index in [9.17, 15) is 14.7 Å². The number of hydrogen-bond donors (Lipinski definition) is 4. The molecule has 7 heteroatoms. The predicted octanol–water partition coefficient (Wildman–Crippen LogP) is 4.46. The van der Waals surface area contributed by atoms with E-state index in [0.29, 0.717) is 5.69 Å². The van der Waals surface area contributed by atoms with Crippen molar-refractivity contribution in [1.82, 2.24) is 5.32 Å². The van der Waals surface area contributed by atoms with Gasteiger partial charge in [0.2, 0.25) is 0 Å². The molecule has 3 aromatic carbocycles. The number of aliphatic hydroxyl groups excluding tert-OH is 1. The number of benzene rings is 3. The molecular weight excluding hydrogens is 400 g/mol. The summed E-state index contributed by atoms with van der Waals surface area (Å²) in [5.41, 5.74) is 1.21. The van der Waals surface area contributed by atoms with Gasteiger partial charge in [0.15, 0.2) is 0 Å². The minimum Gasteiger partial charge on any atom is -0.465 e. The number of carbonyl (C=O) groups excluding carboxylic acids is 1. The summed E-state index contributed by atoms with van der Waals surface area (Å²) in [7, 11) is 0. The van der Waals surface area contributed by atoms with Crippen LogP contribution in [0.25, 0.3) is 11.1 Å². The topological polar surface area (TPSA) is 98.7 Å². The normalized spacial score (nSPS) is 12.6. The van der Waals surface area contributed by atoms with E-state index in [4.69, 9.17) is 5.11 Å². The van der Waals surface area contributed by atoms with E-state index in [0.717, 1.165) is 15.4 Å². The van der Waals surface area contributed by atoms with Gasteiger partial charge in [-0.3, -0.25) is 4.79 Å². The molecule has 154 valence electrons. The number of anilines is 1. The van der Waals surface area contributed by atoms with E-state index in [1.807, 2.05) is 35.6 Å². The SMILES string of the molecule is C[C@@](CO)(NC(=O)O)C(=O)Nc1ccc(Sc2ccc(-c3ccccc3)cc2)cc1. The lowest BCUT2D eigenvalue weighted by atomic mass is 10.0. The van der Waals surface area contributed by atoms with Gasteiger partial charge in [0.1, 0.15) is 5.54 Å². The Bertz CT molecular complexity index is 1010. The molecule has 6 nitrogen and oxygen atoms in total. The molecule has 0 aromatic heterocycles. The van der Waals surface area contributed by atoms with Crippen molar-refractivity contribution in [1.29, 1.82) is 0 Å². The molecule has 0 radical (unpaired) electrons. The second-order valence-corrected chi connectivity index (χ2v) is 8.04. The zero-order valence-electron chi connectivity index (χ0n) is 16.3. The van der Waals surface area contributed by atoms with Gasteiger partial charge in [-0.1, -0.05) is 54.2 Å². The molecule has 0 heterocycles. The molecular formula is C23H22N2O4S. The molecule has 0 saturated heterocycles. The van der Waals surface area contributed by atoms with Crippen LogP contribution >= 0.6 is 11.8 Å². The Hall–Kier alpha value is -3.29. The van der Waals surface area contributed by atoms with Crippen LogP contribution in [0, 0.1) is 0 Å². The maximum Gasteiger partial charge on any atom is 0.405 e. The first-order valence-corrected chi connectivity index (χ1v) is 10.1. The van der Waals surface area contributed by atoms with E-state index in [-0.39, 0.29) is 0 Å². The largest absolute Gasteiger partial charge is 0.465 e. The molecule has 0 unspecified atom stereocenters. The zero-order chi connectivity index (χ0) is 21.6. The number of nitrogens with one attached hydrogen (secondary N) is 2. The van der Waals surface area contributed by atoms with Gasteiger partial charge in [0, 0.05) is 15.5 Å². The highest BCUT2D eigenvalue weighted by molar-refractivity contribution is 7.99. The number of rotatable bonds is 7. The lowest BCUT2D eigenvalue weighted by molar-refractivity contribution is -0.123. The average molecular weight is 423 g/mol. The minimum absolute atomic E-state index is 0.510. The van der Waals surface area contributed by atoms with Crippen molar-refractivity contribution in [3.8, 4) is 11.1 Å². The van der Waals surface area contributed by atoms with Crippen molar-refractivity contribution in [2.75, 3.05) is 11.9 Å². The van der Waals surface area contributed by atoms with Gasteiger partial charge in [-0.05, 0) is 54.4 Å². The number of aliphatic hydroxyl groups is 1. The van der Waals surface area contributed by atoms with Crippen molar-refractivity contribution >= 4 is 29.4 Å². The maximum atomic E-state index is 12.3. The second-order valence-electron chi connectivity index (χ2n) is 6.89. The predicted molar refractivity (Wildman–Crippen MR) is 118 cm³/mol. The fourth-order valence-corrected chi connectivity index (χ4v) is 3.58. The molecule has 0 bridgehead atoms. The number of carboxylic acid groups (broad SMARTS) is 1. The van der Waals surface area contributed by atoms with Crippen LogP contribution in [0.5, 0.6) is 0 Å². The number of hydrogen-bond acceptors (Lipinski definition) is 4.